The van der Waals surface area contributed by atoms with Crippen molar-refractivity contribution in [2.24, 2.45) is 0 Å². The van der Waals surface area contributed by atoms with Gasteiger partial charge in [0.1, 0.15) is 35.9 Å². The van der Waals surface area contributed by atoms with E-state index in [-0.39, 0.29) is 11.3 Å². The molecule has 1 aromatic heterocycles. The fourth-order valence-electron chi connectivity index (χ4n) is 2.42. The third kappa shape index (κ3) is 2.84. The van der Waals surface area contributed by atoms with Crippen LogP contribution in [0.2, 0.25) is 0 Å². The summed E-state index contributed by atoms with van der Waals surface area (Å²) in [5, 5.41) is 19.2. The van der Waals surface area contributed by atoms with E-state index in [1.165, 1.54) is 7.11 Å². The maximum absolute atomic E-state index is 14.2. The monoisotopic (exact) mass is 297 g/mol. The highest BCUT2D eigenvalue weighted by Crippen LogP contribution is 2.37. The second-order valence-corrected chi connectivity index (χ2v) is 4.61. The molecular formula is C14H16FNO5. The number of aromatic nitrogens is 1. The van der Waals surface area contributed by atoms with Crippen LogP contribution >= 0.6 is 0 Å². The number of nitrogens with one attached hydrogen (secondary N) is 1. The van der Waals surface area contributed by atoms with Gasteiger partial charge in [0.2, 0.25) is 0 Å². The predicted molar refractivity (Wildman–Crippen MR) is 71.1 cm³/mol. The smallest absolute Gasteiger partial charge is 0.251 e. The van der Waals surface area contributed by atoms with Crippen molar-refractivity contribution in [2.45, 2.75) is 31.3 Å². The van der Waals surface area contributed by atoms with Crippen LogP contribution in [0.25, 0.3) is 0 Å². The number of ether oxygens (including phenoxy) is 2. The van der Waals surface area contributed by atoms with Gasteiger partial charge in [-0.3, -0.25) is 4.79 Å². The van der Waals surface area contributed by atoms with Crippen molar-refractivity contribution in [3.8, 4) is 11.8 Å². The van der Waals surface area contributed by atoms with Gasteiger partial charge in [0.05, 0.1) is 12.2 Å². The summed E-state index contributed by atoms with van der Waals surface area (Å²) in [6.45, 7) is 1.11. The van der Waals surface area contributed by atoms with Gasteiger partial charge in [0.15, 0.2) is 0 Å². The lowest BCUT2D eigenvalue weighted by Crippen LogP contribution is -2.34. The van der Waals surface area contributed by atoms with Gasteiger partial charge < -0.3 is 24.7 Å². The molecule has 1 unspecified atom stereocenters. The Kier molecular flexibility index (Phi) is 4.75. The number of aliphatic hydroxyl groups excluding tert-OH is 2. The first-order valence-electron chi connectivity index (χ1n) is 6.36. The molecule has 1 aliphatic rings. The summed E-state index contributed by atoms with van der Waals surface area (Å²) < 4.78 is 24.8. The molecule has 0 amide bonds. The molecule has 0 radical (unpaired) electrons. The quantitative estimate of drug-likeness (QED) is 0.666. The number of H-pyrrole nitrogens is 1. The predicted octanol–water partition coefficient (Wildman–Crippen LogP) is -0.307. The highest BCUT2D eigenvalue weighted by atomic mass is 19.1. The van der Waals surface area contributed by atoms with Gasteiger partial charge in [-0.15, -0.1) is 0 Å². The van der Waals surface area contributed by atoms with Gasteiger partial charge in [0.25, 0.3) is 5.56 Å². The Morgan fingerprint density at radius 3 is 2.86 bits per heavy atom. The molecule has 6 nitrogen and oxygen atoms in total. The van der Waals surface area contributed by atoms with Crippen LogP contribution in [-0.4, -0.2) is 47.2 Å². The summed E-state index contributed by atoms with van der Waals surface area (Å²) in [5.74, 6) is 4.38. The number of hydrogen-bond donors (Lipinski definition) is 3. The van der Waals surface area contributed by atoms with Crippen LogP contribution in [0.1, 0.15) is 24.3 Å². The molecule has 0 spiro atoms. The SMILES string of the molecule is CC#Cc1[nH]c(=O)cc(F)c1[C@@H]1O[C@H](CO)C(O)[C@@H]1OC. The van der Waals surface area contributed by atoms with Crippen LogP contribution in [0.5, 0.6) is 0 Å². The zero-order valence-corrected chi connectivity index (χ0v) is 11.6. The Morgan fingerprint density at radius 2 is 2.29 bits per heavy atom. The average molecular weight is 297 g/mol. The summed E-state index contributed by atoms with van der Waals surface area (Å²) in [7, 11) is 1.35. The fraction of sp³-hybridized carbons (Fsp3) is 0.500. The first-order chi connectivity index (χ1) is 10.0. The lowest BCUT2D eigenvalue weighted by atomic mass is 9.99. The molecule has 2 heterocycles. The maximum Gasteiger partial charge on any atom is 0.251 e. The maximum atomic E-state index is 14.2. The van der Waals surface area contributed by atoms with E-state index in [1.54, 1.807) is 6.92 Å². The molecule has 3 N–H and O–H groups in total. The Labute approximate surface area is 120 Å². The third-order valence-electron chi connectivity index (χ3n) is 3.36. The topological polar surface area (TPSA) is 91.8 Å². The second kappa shape index (κ2) is 6.37. The molecule has 1 saturated heterocycles. The zero-order valence-electron chi connectivity index (χ0n) is 11.6. The zero-order chi connectivity index (χ0) is 15.6. The van der Waals surface area contributed by atoms with Gasteiger partial charge in [0, 0.05) is 13.2 Å². The molecule has 0 bridgehead atoms. The number of hydrogen-bond acceptors (Lipinski definition) is 5. The average Bonchev–Trinajstić information content (AvgIpc) is 2.74. The minimum Gasteiger partial charge on any atom is -0.394 e. The molecule has 114 valence electrons. The van der Waals surface area contributed by atoms with E-state index in [0.717, 1.165) is 6.07 Å². The number of pyridine rings is 1. The summed E-state index contributed by atoms with van der Waals surface area (Å²) in [6, 6.07) is 0.783. The molecule has 0 aromatic carbocycles. The summed E-state index contributed by atoms with van der Waals surface area (Å²) in [5.41, 5.74) is -0.550. The van der Waals surface area contributed by atoms with Crippen molar-refractivity contribution >= 4 is 0 Å². The van der Waals surface area contributed by atoms with Crippen molar-refractivity contribution in [3.63, 3.8) is 0 Å². The number of aromatic amines is 1. The van der Waals surface area contributed by atoms with Crippen molar-refractivity contribution in [2.75, 3.05) is 13.7 Å². The van der Waals surface area contributed by atoms with Crippen molar-refractivity contribution in [1.29, 1.82) is 0 Å². The number of rotatable bonds is 3. The molecule has 2 rings (SSSR count). The molecule has 7 heteroatoms. The Bertz CT molecular complexity index is 632. The molecule has 0 aliphatic carbocycles. The largest absolute Gasteiger partial charge is 0.394 e. The van der Waals surface area contributed by atoms with Crippen molar-refractivity contribution < 1.29 is 24.1 Å². The van der Waals surface area contributed by atoms with Crippen LogP contribution in [-0.2, 0) is 9.47 Å². The molecule has 0 saturated carbocycles. The first-order valence-corrected chi connectivity index (χ1v) is 6.36. The van der Waals surface area contributed by atoms with E-state index in [0.29, 0.717) is 0 Å². The second-order valence-electron chi connectivity index (χ2n) is 4.61. The highest BCUT2D eigenvalue weighted by molar-refractivity contribution is 5.38. The van der Waals surface area contributed by atoms with Gasteiger partial charge >= 0.3 is 0 Å². The van der Waals surface area contributed by atoms with Gasteiger partial charge in [-0.2, -0.15) is 0 Å². The van der Waals surface area contributed by atoms with E-state index < -0.39 is 42.4 Å². The van der Waals surface area contributed by atoms with Gasteiger partial charge in [-0.05, 0) is 12.8 Å². The Hall–Kier alpha value is -1.72. The van der Waals surface area contributed by atoms with Crippen LogP contribution in [0, 0.1) is 17.7 Å². The Balaban J connectivity index is 2.54. The molecule has 1 fully saturated rings. The van der Waals surface area contributed by atoms with Crippen LogP contribution in [0.15, 0.2) is 10.9 Å². The van der Waals surface area contributed by atoms with E-state index in [4.69, 9.17) is 9.47 Å². The molecule has 1 aliphatic heterocycles. The lowest BCUT2D eigenvalue weighted by molar-refractivity contribution is -0.0248. The molecule has 21 heavy (non-hydrogen) atoms. The minimum absolute atomic E-state index is 0.00537. The summed E-state index contributed by atoms with van der Waals surface area (Å²) >= 11 is 0. The van der Waals surface area contributed by atoms with Crippen LogP contribution in [0.3, 0.4) is 0 Å². The van der Waals surface area contributed by atoms with Gasteiger partial charge in [-0.25, -0.2) is 4.39 Å². The summed E-state index contributed by atoms with van der Waals surface area (Å²) in [6.07, 6.45) is -3.86. The van der Waals surface area contributed by atoms with Crippen LogP contribution < -0.4 is 5.56 Å². The lowest BCUT2D eigenvalue weighted by Gasteiger charge is -2.20. The highest BCUT2D eigenvalue weighted by Gasteiger charge is 2.46. The molecule has 1 aromatic rings. The third-order valence-corrected chi connectivity index (χ3v) is 3.36. The van der Waals surface area contributed by atoms with E-state index in [2.05, 4.69) is 16.8 Å². The minimum atomic E-state index is -1.11. The first kappa shape index (κ1) is 15.7. The van der Waals surface area contributed by atoms with Crippen molar-refractivity contribution in [3.05, 3.63) is 33.5 Å². The molecular weight excluding hydrogens is 281 g/mol. The standard InChI is InChI=1S/C14H16FNO5/c1-3-4-8-11(7(15)5-10(18)16-8)13-14(20-2)12(19)9(6-17)21-13/h5,9,12-14,17,19H,6H2,1-2H3,(H,16,18)/t9-,12?,13+,14+/m1/s1. The van der Waals surface area contributed by atoms with Crippen molar-refractivity contribution in [1.82, 2.24) is 4.98 Å². The van der Waals surface area contributed by atoms with E-state index >= 15 is 0 Å². The number of aliphatic hydroxyl groups is 2. The number of halogens is 1. The molecule has 4 atom stereocenters. The number of methoxy groups -OCH3 is 1. The normalized spacial score (nSPS) is 28.2. The van der Waals surface area contributed by atoms with E-state index in [1.807, 2.05) is 0 Å². The van der Waals surface area contributed by atoms with E-state index in [9.17, 15) is 19.4 Å². The van der Waals surface area contributed by atoms with Crippen LogP contribution in [0.4, 0.5) is 4.39 Å². The van der Waals surface area contributed by atoms with Gasteiger partial charge in [-0.1, -0.05) is 5.92 Å². The fourth-order valence-corrected chi connectivity index (χ4v) is 2.42. The summed E-state index contributed by atoms with van der Waals surface area (Å²) in [4.78, 5) is 13.8. The Morgan fingerprint density at radius 1 is 1.57 bits per heavy atom.